The van der Waals surface area contributed by atoms with Crippen LogP contribution in [0.5, 0.6) is 0 Å². The van der Waals surface area contributed by atoms with E-state index in [1.165, 1.54) is 0 Å². The highest BCUT2D eigenvalue weighted by Gasteiger charge is 2.08. The predicted molar refractivity (Wildman–Crippen MR) is 72.6 cm³/mol. The Morgan fingerprint density at radius 1 is 1.33 bits per heavy atom. The van der Waals surface area contributed by atoms with E-state index in [0.29, 0.717) is 12.1 Å². The Labute approximate surface area is 111 Å². The molecule has 0 bridgehead atoms. The number of hydrogen-bond acceptors (Lipinski definition) is 5. The lowest BCUT2D eigenvalue weighted by molar-refractivity contribution is 0.865. The van der Waals surface area contributed by atoms with Gasteiger partial charge in [0.05, 0.1) is 28.9 Å². The Balaban J connectivity index is 2.21. The standard InChI is InChI=1S/C13H14N4S/c1-9-4-11(6-14)5-13(15-9)17(3)7-12-8-18-10(2)16-12/h4-5,8H,7H2,1-3H3. The minimum absolute atomic E-state index is 0.638. The van der Waals surface area contributed by atoms with E-state index in [1.54, 1.807) is 23.5 Å². The molecule has 92 valence electrons. The lowest BCUT2D eigenvalue weighted by Crippen LogP contribution is -2.18. The number of pyridine rings is 1. The minimum atomic E-state index is 0.638. The van der Waals surface area contributed by atoms with Gasteiger partial charge in [-0.3, -0.25) is 0 Å². The molecule has 0 saturated carbocycles. The zero-order valence-corrected chi connectivity index (χ0v) is 11.5. The van der Waals surface area contributed by atoms with E-state index >= 15 is 0 Å². The summed E-state index contributed by atoms with van der Waals surface area (Å²) in [6.07, 6.45) is 0. The minimum Gasteiger partial charge on any atom is -0.354 e. The van der Waals surface area contributed by atoms with Gasteiger partial charge in [0.1, 0.15) is 5.82 Å². The number of anilines is 1. The van der Waals surface area contributed by atoms with Gasteiger partial charge in [0.15, 0.2) is 0 Å². The fourth-order valence-electron chi connectivity index (χ4n) is 1.72. The molecule has 18 heavy (non-hydrogen) atoms. The summed E-state index contributed by atoms with van der Waals surface area (Å²) in [5.41, 5.74) is 2.52. The van der Waals surface area contributed by atoms with Crippen molar-refractivity contribution in [2.45, 2.75) is 20.4 Å². The van der Waals surface area contributed by atoms with E-state index in [9.17, 15) is 0 Å². The molecule has 0 aliphatic carbocycles. The summed E-state index contributed by atoms with van der Waals surface area (Å²) in [6, 6.07) is 5.73. The molecule has 0 aliphatic rings. The number of aryl methyl sites for hydroxylation is 2. The number of nitriles is 1. The van der Waals surface area contributed by atoms with Crippen molar-refractivity contribution < 1.29 is 0 Å². The van der Waals surface area contributed by atoms with Crippen molar-refractivity contribution in [1.29, 1.82) is 5.26 Å². The first-order valence-electron chi connectivity index (χ1n) is 5.59. The summed E-state index contributed by atoms with van der Waals surface area (Å²) in [4.78, 5) is 10.9. The Kier molecular flexibility index (Phi) is 3.58. The monoisotopic (exact) mass is 258 g/mol. The predicted octanol–water partition coefficient (Wildman–Crippen LogP) is 2.66. The first-order chi connectivity index (χ1) is 8.58. The third-order valence-corrected chi connectivity index (χ3v) is 3.35. The number of thiazole rings is 1. The lowest BCUT2D eigenvalue weighted by atomic mass is 10.2. The third kappa shape index (κ3) is 2.84. The highest BCUT2D eigenvalue weighted by Crippen LogP contribution is 2.17. The third-order valence-electron chi connectivity index (χ3n) is 2.53. The summed E-state index contributed by atoms with van der Waals surface area (Å²) in [7, 11) is 1.96. The summed E-state index contributed by atoms with van der Waals surface area (Å²) in [5, 5.41) is 12.1. The number of hydrogen-bond donors (Lipinski definition) is 0. The second-order valence-electron chi connectivity index (χ2n) is 4.18. The Morgan fingerprint density at radius 2 is 2.11 bits per heavy atom. The fraction of sp³-hybridized carbons (Fsp3) is 0.308. The fourth-order valence-corrected chi connectivity index (χ4v) is 2.32. The molecule has 0 N–H and O–H groups in total. The van der Waals surface area contributed by atoms with Crippen LogP contribution in [0, 0.1) is 25.2 Å². The molecular weight excluding hydrogens is 244 g/mol. The van der Waals surface area contributed by atoms with Crippen LogP contribution >= 0.6 is 11.3 Å². The summed E-state index contributed by atoms with van der Waals surface area (Å²) < 4.78 is 0. The van der Waals surface area contributed by atoms with Gasteiger partial charge in [-0.1, -0.05) is 0 Å². The Morgan fingerprint density at radius 3 is 2.72 bits per heavy atom. The van der Waals surface area contributed by atoms with Gasteiger partial charge < -0.3 is 4.90 Å². The summed E-state index contributed by atoms with van der Waals surface area (Å²) in [6.45, 7) is 4.59. The van der Waals surface area contributed by atoms with Gasteiger partial charge in [0.25, 0.3) is 0 Å². The van der Waals surface area contributed by atoms with Crippen molar-refractivity contribution in [2.75, 3.05) is 11.9 Å². The second-order valence-corrected chi connectivity index (χ2v) is 5.24. The molecule has 2 aromatic heterocycles. The first-order valence-corrected chi connectivity index (χ1v) is 6.47. The van der Waals surface area contributed by atoms with Crippen LogP contribution in [0.3, 0.4) is 0 Å². The van der Waals surface area contributed by atoms with Crippen LogP contribution < -0.4 is 4.90 Å². The number of rotatable bonds is 3. The maximum absolute atomic E-state index is 8.95. The van der Waals surface area contributed by atoms with E-state index in [0.717, 1.165) is 22.2 Å². The topological polar surface area (TPSA) is 52.8 Å². The van der Waals surface area contributed by atoms with Gasteiger partial charge >= 0.3 is 0 Å². The summed E-state index contributed by atoms with van der Waals surface area (Å²) >= 11 is 1.64. The van der Waals surface area contributed by atoms with E-state index in [2.05, 4.69) is 16.0 Å². The van der Waals surface area contributed by atoms with E-state index < -0.39 is 0 Å². The maximum atomic E-state index is 8.95. The molecule has 0 atom stereocenters. The van der Waals surface area contributed by atoms with Gasteiger partial charge in [-0.15, -0.1) is 11.3 Å². The normalized spacial score (nSPS) is 10.1. The molecule has 0 fully saturated rings. The average molecular weight is 258 g/mol. The van der Waals surface area contributed by atoms with Crippen molar-refractivity contribution in [3.05, 3.63) is 39.5 Å². The molecule has 0 radical (unpaired) electrons. The van der Waals surface area contributed by atoms with Crippen molar-refractivity contribution >= 4 is 17.2 Å². The molecule has 0 amide bonds. The molecule has 0 unspecified atom stereocenters. The zero-order valence-electron chi connectivity index (χ0n) is 10.6. The molecule has 2 rings (SSSR count). The smallest absolute Gasteiger partial charge is 0.130 e. The molecule has 0 aliphatic heterocycles. The Bertz CT molecular complexity index is 597. The van der Waals surface area contributed by atoms with Crippen LogP contribution in [-0.2, 0) is 6.54 Å². The highest BCUT2D eigenvalue weighted by atomic mass is 32.1. The Hall–Kier alpha value is -1.93. The number of nitrogens with zero attached hydrogens (tertiary/aromatic N) is 4. The molecule has 4 nitrogen and oxygen atoms in total. The molecular formula is C13H14N4S. The van der Waals surface area contributed by atoms with E-state index in [1.807, 2.05) is 31.2 Å². The SMILES string of the molecule is Cc1cc(C#N)cc(N(C)Cc2csc(C)n2)n1. The first kappa shape index (κ1) is 12.5. The van der Waals surface area contributed by atoms with Crippen LogP contribution in [0.15, 0.2) is 17.5 Å². The van der Waals surface area contributed by atoms with Crippen molar-refractivity contribution in [2.24, 2.45) is 0 Å². The van der Waals surface area contributed by atoms with Crippen molar-refractivity contribution in [3.63, 3.8) is 0 Å². The van der Waals surface area contributed by atoms with Gasteiger partial charge in [-0.05, 0) is 26.0 Å². The van der Waals surface area contributed by atoms with Crippen LogP contribution in [0.4, 0.5) is 5.82 Å². The van der Waals surface area contributed by atoms with Crippen LogP contribution in [0.2, 0.25) is 0 Å². The van der Waals surface area contributed by atoms with Gasteiger partial charge in [0, 0.05) is 18.1 Å². The van der Waals surface area contributed by atoms with Gasteiger partial charge in [-0.2, -0.15) is 5.26 Å². The van der Waals surface area contributed by atoms with Crippen molar-refractivity contribution in [3.8, 4) is 6.07 Å². The van der Waals surface area contributed by atoms with Gasteiger partial charge in [-0.25, -0.2) is 9.97 Å². The molecule has 0 aromatic carbocycles. The van der Waals surface area contributed by atoms with E-state index in [4.69, 9.17) is 5.26 Å². The molecule has 0 saturated heterocycles. The lowest BCUT2D eigenvalue weighted by Gasteiger charge is -2.17. The van der Waals surface area contributed by atoms with Crippen molar-refractivity contribution in [1.82, 2.24) is 9.97 Å². The van der Waals surface area contributed by atoms with Crippen LogP contribution in [-0.4, -0.2) is 17.0 Å². The molecule has 5 heteroatoms. The second kappa shape index (κ2) is 5.15. The maximum Gasteiger partial charge on any atom is 0.130 e. The molecule has 2 heterocycles. The average Bonchev–Trinajstić information content (AvgIpc) is 2.73. The quantitative estimate of drug-likeness (QED) is 0.849. The van der Waals surface area contributed by atoms with E-state index in [-0.39, 0.29) is 0 Å². The highest BCUT2D eigenvalue weighted by molar-refractivity contribution is 7.09. The van der Waals surface area contributed by atoms with Gasteiger partial charge in [0.2, 0.25) is 0 Å². The molecule has 2 aromatic rings. The van der Waals surface area contributed by atoms with Crippen LogP contribution in [0.25, 0.3) is 0 Å². The largest absolute Gasteiger partial charge is 0.354 e. The number of aromatic nitrogens is 2. The summed E-state index contributed by atoms with van der Waals surface area (Å²) in [5.74, 6) is 0.803. The van der Waals surface area contributed by atoms with Crippen LogP contribution in [0.1, 0.15) is 22.0 Å². The molecule has 0 spiro atoms. The zero-order chi connectivity index (χ0) is 13.1.